The average Bonchev–Trinajstić information content (AvgIpc) is 3.70. The topological polar surface area (TPSA) is 0 Å². The molecule has 0 saturated heterocycles. The maximum Gasteiger partial charge on any atom is 0.0352 e. The Labute approximate surface area is 299 Å². The van der Waals surface area contributed by atoms with Crippen molar-refractivity contribution < 1.29 is 0 Å². The van der Waals surface area contributed by atoms with E-state index in [1.165, 1.54) is 194 Å². The van der Waals surface area contributed by atoms with Crippen molar-refractivity contribution in [2.75, 3.05) is 0 Å². The highest BCUT2D eigenvalue weighted by atomic mass is 32.1. The lowest BCUT2D eigenvalue weighted by molar-refractivity contribution is 0.557. The molecule has 2 heteroatoms. The van der Waals surface area contributed by atoms with Crippen LogP contribution in [0.1, 0.15) is 152 Å². The normalized spacial score (nSPS) is 12.1. The van der Waals surface area contributed by atoms with E-state index in [2.05, 4.69) is 74.5 Å². The van der Waals surface area contributed by atoms with Crippen molar-refractivity contribution in [2.45, 2.75) is 155 Å². The van der Waals surface area contributed by atoms with E-state index < -0.39 is 0 Å². The number of fused-ring (bicyclic) bond motifs is 7. The minimum Gasteiger partial charge on any atom is -0.140 e. The Kier molecular flexibility index (Phi) is 13.7. The fourth-order valence-corrected chi connectivity index (χ4v) is 10.1. The zero-order valence-corrected chi connectivity index (χ0v) is 31.8. The number of rotatable bonds is 22. The smallest absolute Gasteiger partial charge is 0.0352 e. The summed E-state index contributed by atoms with van der Waals surface area (Å²) in [6.07, 6.45) is 30.5. The summed E-state index contributed by atoms with van der Waals surface area (Å²) in [5.41, 5.74) is 0. The molecule has 0 aliphatic carbocycles. The Hall–Kier alpha value is -2.42. The lowest BCUT2D eigenvalue weighted by Gasteiger charge is -2.08. The molecule has 0 radical (unpaired) electrons. The van der Waals surface area contributed by atoms with Gasteiger partial charge in [-0.15, -0.1) is 22.7 Å². The monoisotopic (exact) mass is 676 g/mol. The standard InChI is InChI=1S/C46H60S2/c1-3-5-7-9-11-13-15-17-19-21-23-39-29-37-31-43-35(33-45(37)47-39)25-27-42-41(43)28-26-36-34-46-38(32-44(36)42)30-40(48-46)24-22-20-18-16-14-12-10-8-6-4-2/h25-34H,3-24H2,1-2H3. The van der Waals surface area contributed by atoms with Gasteiger partial charge in [-0.3, -0.25) is 0 Å². The van der Waals surface area contributed by atoms with Crippen LogP contribution in [0, 0.1) is 0 Å². The summed E-state index contributed by atoms with van der Waals surface area (Å²) >= 11 is 4.04. The van der Waals surface area contributed by atoms with Crippen LogP contribution in [0.3, 0.4) is 0 Å². The van der Waals surface area contributed by atoms with Gasteiger partial charge in [0.2, 0.25) is 0 Å². The summed E-state index contributed by atoms with van der Waals surface area (Å²) in [6.45, 7) is 4.61. The molecule has 6 rings (SSSR count). The van der Waals surface area contributed by atoms with Crippen molar-refractivity contribution in [3.63, 3.8) is 0 Å². The van der Waals surface area contributed by atoms with E-state index in [1.54, 1.807) is 9.75 Å². The largest absolute Gasteiger partial charge is 0.140 e. The van der Waals surface area contributed by atoms with E-state index in [1.807, 2.05) is 22.7 Å². The maximum absolute atomic E-state index is 2.48. The van der Waals surface area contributed by atoms with Gasteiger partial charge in [0, 0.05) is 19.2 Å². The highest BCUT2D eigenvalue weighted by molar-refractivity contribution is 7.19. The van der Waals surface area contributed by atoms with Crippen LogP contribution in [0.25, 0.3) is 52.5 Å². The molecular weight excluding hydrogens is 617 g/mol. The van der Waals surface area contributed by atoms with Crippen LogP contribution >= 0.6 is 22.7 Å². The van der Waals surface area contributed by atoms with E-state index in [-0.39, 0.29) is 0 Å². The number of aryl methyl sites for hydroxylation is 2. The second-order valence-corrected chi connectivity index (χ2v) is 17.1. The van der Waals surface area contributed by atoms with E-state index >= 15 is 0 Å². The molecule has 0 atom stereocenters. The molecule has 0 unspecified atom stereocenters. The first-order valence-corrected chi connectivity index (χ1v) is 21.6. The van der Waals surface area contributed by atoms with Crippen LogP contribution in [0.5, 0.6) is 0 Å². The van der Waals surface area contributed by atoms with Crippen molar-refractivity contribution in [1.29, 1.82) is 0 Å². The van der Waals surface area contributed by atoms with E-state index in [9.17, 15) is 0 Å². The fraction of sp³-hybridized carbons (Fsp3) is 0.522. The first-order chi connectivity index (χ1) is 23.7. The number of unbranched alkanes of at least 4 members (excludes halogenated alkanes) is 18. The molecule has 6 aromatic rings. The van der Waals surface area contributed by atoms with Gasteiger partial charge < -0.3 is 0 Å². The zero-order chi connectivity index (χ0) is 33.0. The minimum absolute atomic E-state index is 1.23. The third-order valence-corrected chi connectivity index (χ3v) is 13.1. The third-order valence-electron chi connectivity index (χ3n) is 10.8. The summed E-state index contributed by atoms with van der Waals surface area (Å²) in [7, 11) is 0. The molecular formula is C46H60S2. The number of benzene rings is 4. The van der Waals surface area contributed by atoms with E-state index in [0.29, 0.717) is 0 Å². The number of hydrogen-bond acceptors (Lipinski definition) is 2. The van der Waals surface area contributed by atoms with Crippen LogP contribution in [-0.4, -0.2) is 0 Å². The summed E-state index contributed by atoms with van der Waals surface area (Å²) < 4.78 is 2.89. The van der Waals surface area contributed by atoms with Crippen molar-refractivity contribution in [3.8, 4) is 0 Å². The van der Waals surface area contributed by atoms with Crippen LogP contribution in [0.15, 0.2) is 60.7 Å². The van der Waals surface area contributed by atoms with Gasteiger partial charge in [0.1, 0.15) is 0 Å². The zero-order valence-electron chi connectivity index (χ0n) is 30.1. The molecule has 4 aromatic carbocycles. The van der Waals surface area contributed by atoms with Gasteiger partial charge in [0.15, 0.2) is 0 Å². The Morgan fingerprint density at radius 3 is 1.06 bits per heavy atom. The molecule has 0 saturated carbocycles. The quantitative estimate of drug-likeness (QED) is 0.0496. The van der Waals surface area contributed by atoms with Crippen LogP contribution in [0.2, 0.25) is 0 Å². The molecule has 0 aliphatic rings. The predicted molar refractivity (Wildman–Crippen MR) is 221 cm³/mol. The first-order valence-electron chi connectivity index (χ1n) is 20.0. The maximum atomic E-state index is 2.48. The first kappa shape index (κ1) is 35.4. The molecule has 0 N–H and O–H groups in total. The van der Waals surface area contributed by atoms with Gasteiger partial charge in [0.25, 0.3) is 0 Å². The molecule has 0 aliphatic heterocycles. The predicted octanol–water partition coefficient (Wildman–Crippen LogP) is 16.5. The minimum atomic E-state index is 1.23. The number of hydrogen-bond donors (Lipinski definition) is 0. The molecule has 2 heterocycles. The Balaban J connectivity index is 1.07. The van der Waals surface area contributed by atoms with Crippen molar-refractivity contribution in [2.24, 2.45) is 0 Å². The molecule has 256 valence electrons. The Morgan fingerprint density at radius 2 is 0.688 bits per heavy atom. The third kappa shape index (κ3) is 9.42. The van der Waals surface area contributed by atoms with Gasteiger partial charge in [0.05, 0.1) is 0 Å². The molecule has 2 aromatic heterocycles. The number of thiophene rings is 2. The van der Waals surface area contributed by atoms with Crippen molar-refractivity contribution in [1.82, 2.24) is 0 Å². The Bertz CT molecular complexity index is 1730. The molecule has 0 bridgehead atoms. The van der Waals surface area contributed by atoms with Crippen LogP contribution in [0.4, 0.5) is 0 Å². The fourth-order valence-electron chi connectivity index (χ4n) is 7.87. The van der Waals surface area contributed by atoms with Gasteiger partial charge in [-0.05, 0) is 105 Å². The summed E-state index contributed by atoms with van der Waals surface area (Å²) in [4.78, 5) is 3.12. The van der Waals surface area contributed by atoms with Gasteiger partial charge in [-0.25, -0.2) is 0 Å². The van der Waals surface area contributed by atoms with Gasteiger partial charge in [-0.1, -0.05) is 154 Å². The second-order valence-electron chi connectivity index (χ2n) is 14.7. The Morgan fingerprint density at radius 1 is 0.333 bits per heavy atom. The molecule has 0 nitrogen and oxygen atoms in total. The SMILES string of the molecule is CCCCCCCCCCCCc1cc2cc3c(ccc4c5cc6cc(CCCCCCCCCCCC)sc6cc5ccc34)cc2s1. The summed E-state index contributed by atoms with van der Waals surface area (Å²) in [5, 5.41) is 11.2. The molecule has 48 heavy (non-hydrogen) atoms. The molecule has 0 spiro atoms. The van der Waals surface area contributed by atoms with Gasteiger partial charge in [-0.2, -0.15) is 0 Å². The van der Waals surface area contributed by atoms with Crippen molar-refractivity contribution >= 4 is 75.2 Å². The summed E-state index contributed by atoms with van der Waals surface area (Å²) in [5.74, 6) is 0. The average molecular weight is 677 g/mol. The van der Waals surface area contributed by atoms with E-state index in [4.69, 9.17) is 0 Å². The lowest BCUT2D eigenvalue weighted by Crippen LogP contribution is -1.84. The summed E-state index contributed by atoms with van der Waals surface area (Å²) in [6, 6.07) is 24.3. The molecule has 0 fully saturated rings. The van der Waals surface area contributed by atoms with E-state index in [0.717, 1.165) is 0 Å². The van der Waals surface area contributed by atoms with Crippen molar-refractivity contribution in [3.05, 3.63) is 70.4 Å². The van der Waals surface area contributed by atoms with Crippen LogP contribution < -0.4 is 0 Å². The van der Waals surface area contributed by atoms with Crippen LogP contribution in [-0.2, 0) is 12.8 Å². The second kappa shape index (κ2) is 18.5. The lowest BCUT2D eigenvalue weighted by atomic mass is 9.96. The highest BCUT2D eigenvalue weighted by Crippen LogP contribution is 2.39. The highest BCUT2D eigenvalue weighted by Gasteiger charge is 2.11. The molecule has 0 amide bonds. The van der Waals surface area contributed by atoms with Gasteiger partial charge >= 0.3 is 0 Å².